The Morgan fingerprint density at radius 3 is 2.70 bits per heavy atom. The van der Waals surface area contributed by atoms with Crippen LogP contribution in [0.2, 0.25) is 0 Å². The Bertz CT molecular complexity index is 756. The van der Waals surface area contributed by atoms with Crippen molar-refractivity contribution >= 4 is 11.6 Å². The normalized spacial score (nSPS) is 14.2. The van der Waals surface area contributed by atoms with E-state index in [9.17, 15) is 14.9 Å². The number of nitro groups is 1. The predicted molar refractivity (Wildman–Crippen MR) is 82.4 cm³/mol. The maximum atomic E-state index is 12.4. The van der Waals surface area contributed by atoms with Crippen molar-refractivity contribution in [3.63, 3.8) is 0 Å². The highest BCUT2D eigenvalue weighted by atomic mass is 16.6. The number of benzene rings is 1. The van der Waals surface area contributed by atoms with Gasteiger partial charge in [0.25, 0.3) is 11.6 Å². The van der Waals surface area contributed by atoms with Gasteiger partial charge in [-0.15, -0.1) is 0 Å². The number of pyridine rings is 1. The Hall–Kier alpha value is -2.96. The number of carbonyl (C=O) groups is 1. The minimum Gasteiger partial charge on any atom is -0.471 e. The van der Waals surface area contributed by atoms with Crippen LogP contribution in [0.25, 0.3) is 0 Å². The van der Waals surface area contributed by atoms with Gasteiger partial charge >= 0.3 is 0 Å². The number of nitro benzene ring substituents is 1. The number of ether oxygens (including phenoxy) is 1. The van der Waals surface area contributed by atoms with Crippen molar-refractivity contribution in [1.29, 1.82) is 0 Å². The number of likely N-dealkylation sites (tertiary alicyclic amines) is 1. The molecular formula is C16H15N3O4. The number of aromatic nitrogens is 1. The summed E-state index contributed by atoms with van der Waals surface area (Å²) in [5.41, 5.74) is 0.779. The molecule has 23 heavy (non-hydrogen) atoms. The molecule has 7 heteroatoms. The fourth-order valence-electron chi connectivity index (χ4n) is 2.42. The number of rotatable bonds is 4. The van der Waals surface area contributed by atoms with E-state index in [1.54, 1.807) is 18.2 Å². The number of carbonyl (C=O) groups excluding carboxylic acids is 1. The number of hydrogen-bond acceptors (Lipinski definition) is 5. The molecular weight excluding hydrogens is 298 g/mol. The lowest BCUT2D eigenvalue weighted by Gasteiger charge is -2.38. The van der Waals surface area contributed by atoms with Gasteiger partial charge in [-0.3, -0.25) is 14.9 Å². The van der Waals surface area contributed by atoms with Crippen LogP contribution in [-0.4, -0.2) is 39.9 Å². The van der Waals surface area contributed by atoms with Gasteiger partial charge in [0.05, 0.1) is 18.0 Å². The van der Waals surface area contributed by atoms with Gasteiger partial charge in [0.1, 0.15) is 11.7 Å². The first-order valence-corrected chi connectivity index (χ1v) is 7.17. The van der Waals surface area contributed by atoms with E-state index in [2.05, 4.69) is 4.98 Å². The Morgan fingerprint density at radius 1 is 1.26 bits per heavy atom. The van der Waals surface area contributed by atoms with E-state index in [0.29, 0.717) is 19.0 Å². The third-order valence-electron chi connectivity index (χ3n) is 3.62. The minimum atomic E-state index is -0.544. The second kappa shape index (κ2) is 6.04. The summed E-state index contributed by atoms with van der Waals surface area (Å²) in [6.07, 6.45) is -0.143. The fraction of sp³-hybridized carbons (Fsp3) is 0.250. The third-order valence-corrected chi connectivity index (χ3v) is 3.62. The summed E-state index contributed by atoms with van der Waals surface area (Å²) in [6, 6.07) is 11.4. The van der Waals surface area contributed by atoms with Crippen molar-refractivity contribution in [3.8, 4) is 5.88 Å². The van der Waals surface area contributed by atoms with E-state index in [-0.39, 0.29) is 23.3 Å². The van der Waals surface area contributed by atoms with Gasteiger partial charge in [-0.1, -0.05) is 18.2 Å². The maximum absolute atomic E-state index is 12.4. The van der Waals surface area contributed by atoms with Crippen molar-refractivity contribution < 1.29 is 14.5 Å². The summed E-state index contributed by atoms with van der Waals surface area (Å²) in [4.78, 5) is 28.6. The van der Waals surface area contributed by atoms with Crippen molar-refractivity contribution in [2.75, 3.05) is 13.1 Å². The number of amides is 1. The molecule has 1 aromatic carbocycles. The molecule has 1 fully saturated rings. The Kier molecular flexibility index (Phi) is 3.92. The van der Waals surface area contributed by atoms with E-state index in [1.165, 1.54) is 17.0 Å². The molecule has 1 amide bonds. The van der Waals surface area contributed by atoms with Crippen molar-refractivity contribution in [2.45, 2.75) is 13.0 Å². The topological polar surface area (TPSA) is 85.6 Å². The summed E-state index contributed by atoms with van der Waals surface area (Å²) >= 11 is 0. The van der Waals surface area contributed by atoms with E-state index >= 15 is 0 Å². The van der Waals surface area contributed by atoms with Crippen molar-refractivity contribution in [2.24, 2.45) is 0 Å². The van der Waals surface area contributed by atoms with Gasteiger partial charge in [0, 0.05) is 17.8 Å². The average molecular weight is 313 g/mol. The smallest absolute Gasteiger partial charge is 0.282 e. The summed E-state index contributed by atoms with van der Waals surface area (Å²) < 4.78 is 5.69. The predicted octanol–water partition coefficient (Wildman–Crippen LogP) is 2.20. The molecule has 0 unspecified atom stereocenters. The van der Waals surface area contributed by atoms with E-state index in [4.69, 9.17) is 4.74 Å². The zero-order valence-corrected chi connectivity index (χ0v) is 12.5. The average Bonchev–Trinajstić information content (AvgIpc) is 2.50. The van der Waals surface area contributed by atoms with Crippen LogP contribution in [0.15, 0.2) is 42.5 Å². The Balaban J connectivity index is 1.63. The fourth-order valence-corrected chi connectivity index (χ4v) is 2.42. The Morgan fingerprint density at radius 2 is 2.00 bits per heavy atom. The molecule has 0 radical (unpaired) electrons. The van der Waals surface area contributed by atoms with Gasteiger partial charge < -0.3 is 9.64 Å². The standard InChI is InChI=1S/C16H15N3O4/c1-11-5-4-8-15(17-11)23-12-9-18(10-12)16(20)13-6-2-3-7-14(13)19(21)22/h2-8,12H,9-10H2,1H3. The van der Waals surface area contributed by atoms with Crippen molar-refractivity contribution in [3.05, 3.63) is 63.8 Å². The van der Waals surface area contributed by atoms with E-state index in [0.717, 1.165) is 5.69 Å². The van der Waals surface area contributed by atoms with Crippen LogP contribution < -0.4 is 4.74 Å². The second-order valence-corrected chi connectivity index (χ2v) is 5.34. The first kappa shape index (κ1) is 15.0. The van der Waals surface area contributed by atoms with Crippen LogP contribution in [0, 0.1) is 17.0 Å². The molecule has 2 aromatic rings. The molecule has 0 N–H and O–H groups in total. The minimum absolute atomic E-state index is 0.102. The van der Waals surface area contributed by atoms with Crippen LogP contribution in [0.3, 0.4) is 0 Å². The summed E-state index contributed by atoms with van der Waals surface area (Å²) in [7, 11) is 0. The van der Waals surface area contributed by atoms with Crippen LogP contribution in [0.5, 0.6) is 5.88 Å². The molecule has 1 aliphatic heterocycles. The highest BCUT2D eigenvalue weighted by Crippen LogP contribution is 2.23. The van der Waals surface area contributed by atoms with E-state index < -0.39 is 4.92 Å². The molecule has 1 aromatic heterocycles. The molecule has 0 spiro atoms. The number of hydrogen-bond donors (Lipinski definition) is 0. The van der Waals surface area contributed by atoms with Crippen LogP contribution >= 0.6 is 0 Å². The molecule has 0 saturated carbocycles. The molecule has 1 saturated heterocycles. The van der Waals surface area contributed by atoms with Crippen molar-refractivity contribution in [1.82, 2.24) is 9.88 Å². The maximum Gasteiger partial charge on any atom is 0.282 e. The van der Waals surface area contributed by atoms with Gasteiger partial charge in [-0.05, 0) is 19.1 Å². The summed E-state index contributed by atoms with van der Waals surface area (Å²) in [5, 5.41) is 11.0. The quantitative estimate of drug-likeness (QED) is 0.638. The number of nitrogens with zero attached hydrogens (tertiary/aromatic N) is 3. The SMILES string of the molecule is Cc1cccc(OC2CN(C(=O)c3ccccc3[N+](=O)[O-])C2)n1. The molecule has 0 bridgehead atoms. The van der Waals surface area contributed by atoms with Crippen LogP contribution in [0.4, 0.5) is 5.69 Å². The zero-order valence-electron chi connectivity index (χ0n) is 12.5. The molecule has 118 valence electrons. The first-order valence-electron chi connectivity index (χ1n) is 7.17. The lowest BCUT2D eigenvalue weighted by Crippen LogP contribution is -2.56. The Labute approximate surface area is 132 Å². The van der Waals surface area contributed by atoms with E-state index in [1.807, 2.05) is 19.1 Å². The molecule has 7 nitrogen and oxygen atoms in total. The van der Waals surface area contributed by atoms with Gasteiger partial charge in [-0.2, -0.15) is 0 Å². The molecule has 1 aliphatic rings. The highest BCUT2D eigenvalue weighted by molar-refractivity contribution is 5.98. The van der Waals surface area contributed by atoms with Gasteiger partial charge in [0.2, 0.25) is 5.88 Å². The lowest BCUT2D eigenvalue weighted by molar-refractivity contribution is -0.385. The third kappa shape index (κ3) is 3.13. The van der Waals surface area contributed by atoms with Gasteiger partial charge in [0.15, 0.2) is 0 Å². The molecule has 2 heterocycles. The second-order valence-electron chi connectivity index (χ2n) is 5.34. The van der Waals surface area contributed by atoms with Crippen LogP contribution in [0.1, 0.15) is 16.1 Å². The molecule has 3 rings (SSSR count). The molecule has 0 aliphatic carbocycles. The van der Waals surface area contributed by atoms with Crippen LogP contribution in [-0.2, 0) is 0 Å². The lowest BCUT2D eigenvalue weighted by atomic mass is 10.1. The first-order chi connectivity index (χ1) is 11.0. The monoisotopic (exact) mass is 313 g/mol. The zero-order chi connectivity index (χ0) is 16.4. The largest absolute Gasteiger partial charge is 0.471 e. The summed E-state index contributed by atoms with van der Waals surface area (Å²) in [6.45, 7) is 2.65. The van der Waals surface area contributed by atoms with Gasteiger partial charge in [-0.25, -0.2) is 4.98 Å². The number of para-hydroxylation sites is 1. The number of aryl methyl sites for hydroxylation is 1. The highest BCUT2D eigenvalue weighted by Gasteiger charge is 2.35. The molecule has 0 atom stereocenters. The summed E-state index contributed by atoms with van der Waals surface area (Å²) in [5.74, 6) is 0.169.